The first-order valence-electron chi connectivity index (χ1n) is 8.13. The van der Waals surface area contributed by atoms with E-state index in [1.807, 2.05) is 13.8 Å². The highest BCUT2D eigenvalue weighted by Gasteiger charge is 2.32. The van der Waals surface area contributed by atoms with Crippen LogP contribution in [0.1, 0.15) is 30.1 Å². The number of hydrogen-bond donors (Lipinski definition) is 1. The minimum atomic E-state index is -3.65. The van der Waals surface area contributed by atoms with E-state index in [0.29, 0.717) is 19.0 Å². The molecule has 3 rings (SSSR count). The van der Waals surface area contributed by atoms with Crippen LogP contribution in [0.25, 0.3) is 0 Å². The van der Waals surface area contributed by atoms with Crippen LogP contribution in [0, 0.1) is 6.92 Å². The van der Waals surface area contributed by atoms with E-state index in [4.69, 9.17) is 9.15 Å². The van der Waals surface area contributed by atoms with Gasteiger partial charge in [-0.15, -0.1) is 5.10 Å². The maximum atomic E-state index is 12.8. The summed E-state index contributed by atoms with van der Waals surface area (Å²) in [5, 5.41) is 9.75. The van der Waals surface area contributed by atoms with Gasteiger partial charge in [0, 0.05) is 25.6 Å². The van der Waals surface area contributed by atoms with Gasteiger partial charge in [0.25, 0.3) is 5.91 Å². The van der Waals surface area contributed by atoms with Gasteiger partial charge in [0.05, 0.1) is 17.1 Å². The first-order chi connectivity index (χ1) is 12.3. The summed E-state index contributed by atoms with van der Waals surface area (Å²) in [7, 11) is -3.65. The van der Waals surface area contributed by atoms with E-state index in [1.54, 1.807) is 6.92 Å². The van der Waals surface area contributed by atoms with Crippen molar-refractivity contribution < 1.29 is 22.4 Å². The van der Waals surface area contributed by atoms with Crippen molar-refractivity contribution in [3.8, 4) is 0 Å². The molecule has 1 amide bonds. The fraction of sp³-hybridized carbons (Fsp3) is 0.438. The molecule has 9 nitrogen and oxygen atoms in total. The van der Waals surface area contributed by atoms with Crippen LogP contribution in [0.3, 0.4) is 0 Å². The predicted octanol–water partition coefficient (Wildman–Crippen LogP) is 1.43. The van der Waals surface area contributed by atoms with Gasteiger partial charge in [0.15, 0.2) is 0 Å². The number of amides is 1. The molecule has 0 spiro atoms. The Morgan fingerprint density at radius 3 is 2.31 bits per heavy atom. The van der Waals surface area contributed by atoms with Gasteiger partial charge in [-0.1, -0.05) is 5.10 Å². The molecule has 1 aromatic heterocycles. The Balaban J connectivity index is 1.75. The number of hydrogen-bond acceptors (Lipinski definition) is 7. The maximum Gasteiger partial charge on any atom is 0.322 e. The number of carbonyl (C=O) groups is 1. The molecule has 1 aliphatic heterocycles. The first-order valence-corrected chi connectivity index (χ1v) is 9.57. The van der Waals surface area contributed by atoms with Crippen LogP contribution in [-0.2, 0) is 14.8 Å². The van der Waals surface area contributed by atoms with Gasteiger partial charge in [-0.25, -0.2) is 8.42 Å². The van der Waals surface area contributed by atoms with Gasteiger partial charge < -0.3 is 9.15 Å². The second-order valence-corrected chi connectivity index (χ2v) is 8.12. The van der Waals surface area contributed by atoms with Crippen LogP contribution in [0.15, 0.2) is 33.6 Å². The van der Waals surface area contributed by atoms with E-state index in [0.717, 1.165) is 0 Å². The molecule has 0 bridgehead atoms. The zero-order valence-electron chi connectivity index (χ0n) is 14.7. The Labute approximate surface area is 151 Å². The lowest BCUT2D eigenvalue weighted by atomic mass is 10.2. The molecule has 2 heterocycles. The molecule has 1 aliphatic rings. The minimum absolute atomic E-state index is 0.0134. The van der Waals surface area contributed by atoms with Gasteiger partial charge in [-0.3, -0.25) is 10.1 Å². The van der Waals surface area contributed by atoms with Crippen molar-refractivity contribution in [2.75, 3.05) is 18.4 Å². The number of nitrogens with one attached hydrogen (secondary N) is 1. The molecule has 0 radical (unpaired) electrons. The third-order valence-electron chi connectivity index (χ3n) is 3.89. The number of ether oxygens (including phenoxy) is 1. The monoisotopic (exact) mass is 380 g/mol. The lowest BCUT2D eigenvalue weighted by molar-refractivity contribution is -0.0440. The third kappa shape index (κ3) is 3.92. The number of benzene rings is 1. The molecule has 1 N–H and O–H groups in total. The quantitative estimate of drug-likeness (QED) is 0.853. The van der Waals surface area contributed by atoms with E-state index >= 15 is 0 Å². The number of aromatic nitrogens is 2. The summed E-state index contributed by atoms with van der Waals surface area (Å²) in [6, 6.07) is 5.69. The first kappa shape index (κ1) is 18.5. The molecular formula is C16H20N4O5S. The standard InChI is InChI=1S/C16H20N4O5S/c1-10-8-20(9-11(2)24-10)26(22,23)14-6-4-13(5-7-14)15(21)17-16-19-18-12(3)25-16/h4-7,10-11H,8-9H2,1-3H3,(H,17,19,21)/t10-,11+. The average molecular weight is 380 g/mol. The molecule has 1 saturated heterocycles. The zero-order valence-corrected chi connectivity index (χ0v) is 15.5. The van der Waals surface area contributed by atoms with Crippen LogP contribution < -0.4 is 5.32 Å². The van der Waals surface area contributed by atoms with E-state index in [1.165, 1.54) is 28.6 Å². The number of carbonyl (C=O) groups excluding carboxylic acids is 1. The van der Waals surface area contributed by atoms with E-state index in [-0.39, 0.29) is 28.7 Å². The largest absolute Gasteiger partial charge is 0.408 e. The van der Waals surface area contributed by atoms with Gasteiger partial charge in [-0.2, -0.15) is 4.31 Å². The molecule has 0 aliphatic carbocycles. The Kier molecular flexibility index (Phi) is 5.08. The van der Waals surface area contributed by atoms with Crippen LogP contribution in [-0.4, -0.2) is 54.1 Å². The third-order valence-corrected chi connectivity index (χ3v) is 5.73. The van der Waals surface area contributed by atoms with Crippen LogP contribution in [0.5, 0.6) is 0 Å². The summed E-state index contributed by atoms with van der Waals surface area (Å²) in [6.07, 6.45) is -0.340. The molecule has 140 valence electrons. The highest BCUT2D eigenvalue weighted by molar-refractivity contribution is 7.89. The smallest absolute Gasteiger partial charge is 0.322 e. The Morgan fingerprint density at radius 2 is 1.77 bits per heavy atom. The van der Waals surface area contributed by atoms with Crippen molar-refractivity contribution in [3.63, 3.8) is 0 Å². The molecule has 0 saturated carbocycles. The Bertz CT molecular complexity index is 884. The highest BCUT2D eigenvalue weighted by atomic mass is 32.2. The Hall–Kier alpha value is -2.30. The Morgan fingerprint density at radius 1 is 1.15 bits per heavy atom. The number of nitrogens with zero attached hydrogens (tertiary/aromatic N) is 3. The highest BCUT2D eigenvalue weighted by Crippen LogP contribution is 2.21. The van der Waals surface area contributed by atoms with Crippen molar-refractivity contribution in [2.45, 2.75) is 37.9 Å². The average Bonchev–Trinajstić information content (AvgIpc) is 2.99. The topological polar surface area (TPSA) is 115 Å². The van der Waals surface area contributed by atoms with Crippen LogP contribution in [0.2, 0.25) is 0 Å². The second kappa shape index (κ2) is 7.14. The van der Waals surface area contributed by atoms with Crippen LogP contribution >= 0.6 is 0 Å². The van der Waals surface area contributed by atoms with Crippen molar-refractivity contribution in [1.29, 1.82) is 0 Å². The van der Waals surface area contributed by atoms with Crippen molar-refractivity contribution in [3.05, 3.63) is 35.7 Å². The maximum absolute atomic E-state index is 12.8. The molecule has 2 aromatic rings. The minimum Gasteiger partial charge on any atom is -0.408 e. The van der Waals surface area contributed by atoms with E-state index in [9.17, 15) is 13.2 Å². The summed E-state index contributed by atoms with van der Waals surface area (Å²) in [5.74, 6) is -0.137. The molecule has 26 heavy (non-hydrogen) atoms. The van der Waals surface area contributed by atoms with E-state index < -0.39 is 15.9 Å². The summed E-state index contributed by atoms with van der Waals surface area (Å²) in [5.41, 5.74) is 0.281. The van der Waals surface area contributed by atoms with Crippen molar-refractivity contribution >= 4 is 21.9 Å². The normalized spacial score (nSPS) is 21.5. The lowest BCUT2D eigenvalue weighted by Crippen LogP contribution is -2.48. The summed E-state index contributed by atoms with van der Waals surface area (Å²) >= 11 is 0. The number of morpholine rings is 1. The number of anilines is 1. The fourth-order valence-electron chi connectivity index (χ4n) is 2.77. The second-order valence-electron chi connectivity index (χ2n) is 6.18. The summed E-state index contributed by atoms with van der Waals surface area (Å²) < 4.78 is 37.6. The van der Waals surface area contributed by atoms with E-state index in [2.05, 4.69) is 15.5 Å². The SMILES string of the molecule is Cc1nnc(NC(=O)c2ccc(S(=O)(=O)N3C[C@@H](C)O[C@@H](C)C3)cc2)o1. The molecule has 10 heteroatoms. The predicted molar refractivity (Wildman–Crippen MR) is 92.2 cm³/mol. The zero-order chi connectivity index (χ0) is 18.9. The van der Waals surface area contributed by atoms with Crippen LogP contribution in [0.4, 0.5) is 6.01 Å². The summed E-state index contributed by atoms with van der Waals surface area (Å²) in [4.78, 5) is 12.3. The van der Waals surface area contributed by atoms with Gasteiger partial charge >= 0.3 is 6.01 Å². The summed E-state index contributed by atoms with van der Waals surface area (Å²) in [6.45, 7) is 5.88. The number of sulfonamides is 1. The molecule has 1 aromatic carbocycles. The molecular weight excluding hydrogens is 360 g/mol. The van der Waals surface area contributed by atoms with Crippen molar-refractivity contribution in [2.24, 2.45) is 0 Å². The lowest BCUT2D eigenvalue weighted by Gasteiger charge is -2.34. The van der Waals surface area contributed by atoms with Crippen molar-refractivity contribution in [1.82, 2.24) is 14.5 Å². The molecule has 0 unspecified atom stereocenters. The molecule has 2 atom stereocenters. The number of rotatable bonds is 4. The fourth-order valence-corrected chi connectivity index (χ4v) is 4.36. The van der Waals surface area contributed by atoms with Gasteiger partial charge in [0.2, 0.25) is 15.9 Å². The van der Waals surface area contributed by atoms with Gasteiger partial charge in [0.1, 0.15) is 0 Å². The number of aryl methyl sites for hydroxylation is 1. The van der Waals surface area contributed by atoms with Gasteiger partial charge in [-0.05, 0) is 38.1 Å². The molecule has 1 fully saturated rings.